The molecule has 0 aliphatic carbocycles. The number of aliphatic hydroxyl groups is 2. The second-order valence-electron chi connectivity index (χ2n) is 2.28. The lowest BCUT2D eigenvalue weighted by Crippen LogP contribution is -2.00. The van der Waals surface area contributed by atoms with Gasteiger partial charge in [0.05, 0.1) is 0 Å². The van der Waals surface area contributed by atoms with Crippen molar-refractivity contribution in [3.63, 3.8) is 0 Å². The van der Waals surface area contributed by atoms with Gasteiger partial charge in [0.1, 0.15) is 4.83 Å². The van der Waals surface area contributed by atoms with E-state index in [2.05, 4.69) is 9.97 Å². The summed E-state index contributed by atoms with van der Waals surface area (Å²) in [6, 6.07) is 1.88. The van der Waals surface area contributed by atoms with Gasteiger partial charge in [-0.2, -0.15) is 0 Å². The summed E-state index contributed by atoms with van der Waals surface area (Å²) in [7, 11) is 0. The van der Waals surface area contributed by atoms with Crippen LogP contribution in [0.15, 0.2) is 17.6 Å². The topological polar surface area (TPSA) is 66.2 Å². The number of aliphatic hydroxyl groups excluding tert-OH is 1. The van der Waals surface area contributed by atoms with Crippen LogP contribution in [-0.4, -0.2) is 20.2 Å². The number of hydrogen-bond donors (Lipinski definition) is 2. The van der Waals surface area contributed by atoms with E-state index in [0.717, 1.165) is 10.2 Å². The number of nitrogens with zero attached hydrogens (tertiary/aromatic N) is 2. The molecule has 0 amide bonds. The first-order valence-corrected chi connectivity index (χ1v) is 4.21. The van der Waals surface area contributed by atoms with Crippen LogP contribution in [0.1, 0.15) is 12.1 Å². The van der Waals surface area contributed by atoms with E-state index in [0.29, 0.717) is 0 Å². The molecule has 5 heteroatoms. The molecule has 12 heavy (non-hydrogen) atoms. The number of fused-ring (bicyclic) bond motifs is 1. The van der Waals surface area contributed by atoms with Crippen molar-refractivity contribution in [2.75, 3.05) is 0 Å². The lowest BCUT2D eigenvalue weighted by Gasteiger charge is -1.99. The SMILES string of the molecule is OC(O)c1ncc2ccsc2n1. The summed E-state index contributed by atoms with van der Waals surface area (Å²) >= 11 is 1.45. The molecule has 2 aromatic heterocycles. The fourth-order valence-corrected chi connectivity index (χ4v) is 1.64. The Morgan fingerprint density at radius 1 is 1.42 bits per heavy atom. The van der Waals surface area contributed by atoms with Crippen molar-refractivity contribution in [2.24, 2.45) is 0 Å². The Balaban J connectivity index is 2.60. The molecule has 0 saturated heterocycles. The second-order valence-corrected chi connectivity index (χ2v) is 3.18. The number of thiophene rings is 1. The van der Waals surface area contributed by atoms with Gasteiger partial charge >= 0.3 is 0 Å². The van der Waals surface area contributed by atoms with E-state index in [1.54, 1.807) is 6.20 Å². The zero-order valence-electron chi connectivity index (χ0n) is 6.01. The molecule has 2 N–H and O–H groups in total. The maximum absolute atomic E-state index is 8.76. The summed E-state index contributed by atoms with van der Waals surface area (Å²) < 4.78 is 0. The van der Waals surface area contributed by atoms with Crippen LogP contribution < -0.4 is 0 Å². The first-order chi connectivity index (χ1) is 5.77. The van der Waals surface area contributed by atoms with Gasteiger partial charge < -0.3 is 10.2 Å². The van der Waals surface area contributed by atoms with Gasteiger partial charge in [-0.1, -0.05) is 0 Å². The van der Waals surface area contributed by atoms with Crippen LogP contribution in [0.4, 0.5) is 0 Å². The molecule has 0 spiro atoms. The first kappa shape index (κ1) is 7.60. The number of rotatable bonds is 1. The Morgan fingerprint density at radius 2 is 2.25 bits per heavy atom. The van der Waals surface area contributed by atoms with E-state index >= 15 is 0 Å². The number of aromatic nitrogens is 2. The van der Waals surface area contributed by atoms with Crippen LogP contribution in [0.3, 0.4) is 0 Å². The van der Waals surface area contributed by atoms with Crippen molar-refractivity contribution in [1.82, 2.24) is 9.97 Å². The second kappa shape index (κ2) is 2.78. The summed E-state index contributed by atoms with van der Waals surface area (Å²) in [4.78, 5) is 8.49. The zero-order valence-corrected chi connectivity index (χ0v) is 6.82. The quantitative estimate of drug-likeness (QED) is 0.636. The van der Waals surface area contributed by atoms with E-state index in [1.165, 1.54) is 11.3 Å². The molecular weight excluding hydrogens is 176 g/mol. The van der Waals surface area contributed by atoms with Crippen LogP contribution >= 0.6 is 11.3 Å². The van der Waals surface area contributed by atoms with Crippen LogP contribution in [-0.2, 0) is 0 Å². The minimum atomic E-state index is -1.59. The van der Waals surface area contributed by atoms with E-state index in [-0.39, 0.29) is 5.82 Å². The summed E-state index contributed by atoms with van der Waals surface area (Å²) in [5.74, 6) is 0.0463. The van der Waals surface area contributed by atoms with Crippen molar-refractivity contribution < 1.29 is 10.2 Å². The average Bonchev–Trinajstić information content (AvgIpc) is 2.49. The van der Waals surface area contributed by atoms with Gasteiger partial charge in [-0.05, 0) is 11.4 Å². The minimum Gasteiger partial charge on any atom is -0.362 e. The van der Waals surface area contributed by atoms with Crippen molar-refractivity contribution in [1.29, 1.82) is 0 Å². The van der Waals surface area contributed by atoms with Crippen molar-refractivity contribution in [3.8, 4) is 0 Å². The molecule has 0 fully saturated rings. The van der Waals surface area contributed by atoms with Crippen LogP contribution in [0.5, 0.6) is 0 Å². The van der Waals surface area contributed by atoms with Gasteiger partial charge in [-0.25, -0.2) is 9.97 Å². The predicted molar refractivity (Wildman–Crippen MR) is 44.6 cm³/mol. The van der Waals surface area contributed by atoms with E-state index in [4.69, 9.17) is 10.2 Å². The largest absolute Gasteiger partial charge is 0.362 e. The monoisotopic (exact) mass is 182 g/mol. The molecule has 0 atom stereocenters. The molecule has 2 aromatic rings. The normalized spacial score (nSPS) is 11.2. The van der Waals surface area contributed by atoms with Gasteiger partial charge in [0.15, 0.2) is 5.82 Å². The Hall–Kier alpha value is -1.04. The van der Waals surface area contributed by atoms with Gasteiger partial charge in [0.25, 0.3) is 0 Å². The van der Waals surface area contributed by atoms with Gasteiger partial charge in [0, 0.05) is 11.6 Å². The molecule has 0 aromatic carbocycles. The Bertz CT molecular complexity index is 399. The smallest absolute Gasteiger partial charge is 0.214 e. The van der Waals surface area contributed by atoms with Gasteiger partial charge in [-0.15, -0.1) is 11.3 Å². The maximum atomic E-state index is 8.76. The molecule has 0 aliphatic rings. The molecule has 0 radical (unpaired) electrons. The molecule has 0 unspecified atom stereocenters. The third-order valence-electron chi connectivity index (χ3n) is 1.46. The van der Waals surface area contributed by atoms with E-state index < -0.39 is 6.29 Å². The summed E-state index contributed by atoms with van der Waals surface area (Å²) in [6.45, 7) is 0. The Kier molecular flexibility index (Phi) is 1.76. The minimum absolute atomic E-state index is 0.0463. The highest BCUT2D eigenvalue weighted by atomic mass is 32.1. The summed E-state index contributed by atoms with van der Waals surface area (Å²) in [6.07, 6.45) is -0.00958. The summed E-state index contributed by atoms with van der Waals surface area (Å²) in [5, 5.41) is 20.3. The number of hydrogen-bond acceptors (Lipinski definition) is 5. The van der Waals surface area contributed by atoms with Crippen LogP contribution in [0, 0.1) is 0 Å². The highest BCUT2D eigenvalue weighted by Gasteiger charge is 2.06. The first-order valence-electron chi connectivity index (χ1n) is 3.33. The van der Waals surface area contributed by atoms with Crippen LogP contribution in [0.2, 0.25) is 0 Å². The third kappa shape index (κ3) is 1.18. The lowest BCUT2D eigenvalue weighted by atomic mass is 10.4. The lowest BCUT2D eigenvalue weighted by molar-refractivity contribution is -0.0491. The average molecular weight is 182 g/mol. The predicted octanol–water partition coefficient (Wildman–Crippen LogP) is 0.674. The Labute approximate surface area is 72.1 Å². The highest BCUT2D eigenvalue weighted by Crippen LogP contribution is 2.18. The van der Waals surface area contributed by atoms with Gasteiger partial charge in [-0.3, -0.25) is 0 Å². The molecule has 2 rings (SSSR count). The molecule has 62 valence electrons. The fraction of sp³-hybridized carbons (Fsp3) is 0.143. The van der Waals surface area contributed by atoms with Gasteiger partial charge in [0.2, 0.25) is 6.29 Å². The molecule has 0 bridgehead atoms. The molecule has 2 heterocycles. The maximum Gasteiger partial charge on any atom is 0.214 e. The third-order valence-corrected chi connectivity index (χ3v) is 2.28. The molecule has 0 aliphatic heterocycles. The standard InChI is InChI=1S/C7H6N2O2S/c10-7(11)5-8-3-4-1-2-12-6(4)9-5/h1-3,7,10-11H. The fourth-order valence-electron chi connectivity index (χ4n) is 0.893. The van der Waals surface area contributed by atoms with Crippen molar-refractivity contribution in [3.05, 3.63) is 23.5 Å². The molecule has 4 nitrogen and oxygen atoms in total. The highest BCUT2D eigenvalue weighted by molar-refractivity contribution is 7.16. The van der Waals surface area contributed by atoms with E-state index in [9.17, 15) is 0 Å². The van der Waals surface area contributed by atoms with Crippen molar-refractivity contribution in [2.45, 2.75) is 6.29 Å². The molecular formula is C7H6N2O2S. The Morgan fingerprint density at radius 3 is 3.00 bits per heavy atom. The van der Waals surface area contributed by atoms with E-state index in [1.807, 2.05) is 11.4 Å². The van der Waals surface area contributed by atoms with Crippen LogP contribution in [0.25, 0.3) is 10.2 Å². The molecule has 0 saturated carbocycles. The zero-order chi connectivity index (χ0) is 8.55. The van der Waals surface area contributed by atoms with Crippen molar-refractivity contribution >= 4 is 21.6 Å². The summed E-state index contributed by atoms with van der Waals surface area (Å²) in [5.41, 5.74) is 0.